The monoisotopic (exact) mass is 112 g/mol. The Hall–Kier alpha value is -0.860. The van der Waals surface area contributed by atoms with Gasteiger partial charge in [-0.1, -0.05) is 0 Å². The maximum Gasteiger partial charge on any atom is 0.160 e. The van der Waals surface area contributed by atoms with Gasteiger partial charge in [-0.15, -0.1) is 0 Å². The van der Waals surface area contributed by atoms with Gasteiger partial charge in [0, 0.05) is 0 Å². The Kier molecular flexibility index (Phi) is 1.28. The van der Waals surface area contributed by atoms with Crippen LogP contribution in [-0.2, 0) is 0 Å². The van der Waals surface area contributed by atoms with Gasteiger partial charge in [-0.3, -0.25) is 0 Å². The van der Waals surface area contributed by atoms with Crippen LogP contribution >= 0.6 is 0 Å². The van der Waals surface area contributed by atoms with E-state index >= 15 is 0 Å². The van der Waals surface area contributed by atoms with E-state index in [1.807, 2.05) is 0 Å². The van der Waals surface area contributed by atoms with Crippen LogP contribution in [0.3, 0.4) is 0 Å². The molecule has 2 radical (unpaired) electrons. The lowest BCUT2D eigenvalue weighted by Gasteiger charge is -1.83. The average molecular weight is 112 g/mol. The van der Waals surface area contributed by atoms with Crippen molar-refractivity contribution in [1.82, 2.24) is 5.32 Å². The topological polar surface area (TPSA) is 26.5 Å². The Labute approximate surface area is 47.1 Å². The van der Waals surface area contributed by atoms with Gasteiger partial charge in [0.25, 0.3) is 0 Å². The minimum atomic E-state index is -0.593. The third-order valence-electron chi connectivity index (χ3n) is 0.763. The summed E-state index contributed by atoms with van der Waals surface area (Å²) >= 11 is 0. The number of hydrogen-bond acceptors (Lipinski definition) is 1. The van der Waals surface area contributed by atoms with Crippen molar-refractivity contribution in [3.8, 4) is 0 Å². The lowest BCUT2D eigenvalue weighted by molar-refractivity contribution is 0.575. The zero-order valence-electron chi connectivity index (χ0n) is 4.48. The molecule has 1 rings (SSSR count). The maximum atomic E-state index is 11.6. The summed E-state index contributed by atoms with van der Waals surface area (Å²) in [6, 6.07) is 0. The highest BCUT2D eigenvalue weighted by atomic mass is 19.1. The number of amidine groups is 1. The molecule has 1 aliphatic heterocycles. The van der Waals surface area contributed by atoms with Crippen molar-refractivity contribution >= 4 is 5.84 Å². The van der Waals surface area contributed by atoms with E-state index in [0.717, 1.165) is 0 Å². The SMILES string of the molecule is CC1=[C][N]C(CF)=N1. The Balaban J connectivity index is 2.56. The second kappa shape index (κ2) is 1.94. The summed E-state index contributed by atoms with van der Waals surface area (Å²) in [4.78, 5) is 3.69. The number of halogens is 1. The van der Waals surface area contributed by atoms with Crippen molar-refractivity contribution in [1.29, 1.82) is 0 Å². The fraction of sp³-hybridized carbons (Fsp3) is 0.400. The smallest absolute Gasteiger partial charge is 0.160 e. The molecule has 0 spiro atoms. The summed E-state index contributed by atoms with van der Waals surface area (Å²) in [7, 11) is 0. The summed E-state index contributed by atoms with van der Waals surface area (Å²) in [5.41, 5.74) is 0.651. The first-order valence-electron chi connectivity index (χ1n) is 2.27. The van der Waals surface area contributed by atoms with E-state index in [9.17, 15) is 4.39 Å². The van der Waals surface area contributed by atoms with Crippen LogP contribution in [-0.4, -0.2) is 12.5 Å². The summed E-state index contributed by atoms with van der Waals surface area (Å²) in [6.45, 7) is 1.14. The van der Waals surface area contributed by atoms with Crippen LogP contribution in [0.5, 0.6) is 0 Å². The second-order valence-electron chi connectivity index (χ2n) is 1.47. The van der Waals surface area contributed by atoms with E-state index in [-0.39, 0.29) is 5.84 Å². The van der Waals surface area contributed by atoms with Crippen molar-refractivity contribution in [3.63, 3.8) is 0 Å². The summed E-state index contributed by atoms with van der Waals surface area (Å²) < 4.78 is 11.6. The van der Waals surface area contributed by atoms with Crippen molar-refractivity contribution < 1.29 is 4.39 Å². The van der Waals surface area contributed by atoms with Gasteiger partial charge in [-0.05, 0) is 6.92 Å². The van der Waals surface area contributed by atoms with Crippen molar-refractivity contribution in [2.75, 3.05) is 6.67 Å². The highest BCUT2D eigenvalue weighted by Crippen LogP contribution is 1.99. The van der Waals surface area contributed by atoms with Gasteiger partial charge >= 0.3 is 0 Å². The molecule has 0 atom stereocenters. The molecule has 8 heavy (non-hydrogen) atoms. The first-order chi connectivity index (χ1) is 3.83. The molecule has 0 saturated carbocycles. The molecule has 1 heterocycles. The number of hydrogen-bond donors (Lipinski definition) is 0. The molecule has 0 amide bonds. The van der Waals surface area contributed by atoms with Crippen LogP contribution < -0.4 is 5.32 Å². The van der Waals surface area contributed by atoms with E-state index in [1.165, 1.54) is 0 Å². The molecule has 3 heteroatoms. The number of nitrogens with zero attached hydrogens (tertiary/aromatic N) is 2. The molecule has 0 saturated heterocycles. The van der Waals surface area contributed by atoms with Gasteiger partial charge in [0.2, 0.25) is 0 Å². The summed E-state index contributed by atoms with van der Waals surface area (Å²) in [6.07, 6.45) is 2.52. The normalized spacial score (nSPS) is 17.2. The number of alkyl halides is 1. The summed E-state index contributed by atoms with van der Waals surface area (Å²) in [5, 5.41) is 3.52. The van der Waals surface area contributed by atoms with E-state index in [4.69, 9.17) is 0 Å². The molecular weight excluding hydrogens is 107 g/mol. The Morgan fingerprint density at radius 1 is 1.75 bits per heavy atom. The fourth-order valence-corrected chi connectivity index (χ4v) is 0.449. The lowest BCUT2D eigenvalue weighted by atomic mass is 10.6. The highest BCUT2D eigenvalue weighted by molar-refractivity contribution is 5.85. The average Bonchev–Trinajstić information content (AvgIpc) is 2.14. The van der Waals surface area contributed by atoms with E-state index in [0.29, 0.717) is 5.70 Å². The molecule has 0 aromatic rings. The zero-order chi connectivity index (χ0) is 5.98. The van der Waals surface area contributed by atoms with Gasteiger partial charge in [0.1, 0.15) is 12.9 Å². The molecular formula is C5H5FN2. The molecule has 0 fully saturated rings. The van der Waals surface area contributed by atoms with E-state index in [1.54, 1.807) is 6.92 Å². The van der Waals surface area contributed by atoms with Gasteiger partial charge in [0.15, 0.2) is 5.84 Å². The molecule has 1 aliphatic rings. The van der Waals surface area contributed by atoms with Gasteiger partial charge in [0.05, 0.1) is 5.70 Å². The third-order valence-corrected chi connectivity index (χ3v) is 0.763. The Morgan fingerprint density at radius 2 is 2.50 bits per heavy atom. The molecule has 0 aliphatic carbocycles. The van der Waals surface area contributed by atoms with Crippen molar-refractivity contribution in [2.45, 2.75) is 6.92 Å². The predicted molar refractivity (Wildman–Crippen MR) is 28.0 cm³/mol. The predicted octanol–water partition coefficient (Wildman–Crippen LogP) is 0.637. The van der Waals surface area contributed by atoms with Crippen LogP contribution in [0.1, 0.15) is 6.92 Å². The number of aliphatic imine (C=N–C) groups is 1. The van der Waals surface area contributed by atoms with Crippen LogP contribution in [0.25, 0.3) is 0 Å². The molecule has 42 valence electrons. The third kappa shape index (κ3) is 0.857. The van der Waals surface area contributed by atoms with E-state index in [2.05, 4.69) is 16.5 Å². The Morgan fingerprint density at radius 3 is 2.75 bits per heavy atom. The molecule has 0 N–H and O–H groups in total. The first kappa shape index (κ1) is 5.28. The Bertz CT molecular complexity index is 149. The largest absolute Gasteiger partial charge is 0.242 e. The van der Waals surface area contributed by atoms with Crippen LogP contribution in [0.4, 0.5) is 4.39 Å². The second-order valence-corrected chi connectivity index (χ2v) is 1.47. The molecule has 2 nitrogen and oxygen atoms in total. The minimum Gasteiger partial charge on any atom is -0.242 e. The van der Waals surface area contributed by atoms with Gasteiger partial charge < -0.3 is 0 Å². The quantitative estimate of drug-likeness (QED) is 0.476. The summed E-state index contributed by atoms with van der Waals surface area (Å²) in [5.74, 6) is 0.225. The van der Waals surface area contributed by atoms with Crippen LogP contribution in [0, 0.1) is 6.20 Å². The van der Waals surface area contributed by atoms with Crippen molar-refractivity contribution in [2.24, 2.45) is 4.99 Å². The number of rotatable bonds is 1. The number of allylic oxidation sites excluding steroid dienone is 1. The minimum absolute atomic E-state index is 0.225. The van der Waals surface area contributed by atoms with Crippen LogP contribution in [0.15, 0.2) is 10.7 Å². The fourth-order valence-electron chi connectivity index (χ4n) is 0.449. The van der Waals surface area contributed by atoms with Gasteiger partial charge in [-0.25, -0.2) is 14.7 Å². The molecule has 0 unspecified atom stereocenters. The highest BCUT2D eigenvalue weighted by Gasteiger charge is 2.04. The van der Waals surface area contributed by atoms with Crippen molar-refractivity contribution in [3.05, 3.63) is 11.9 Å². The van der Waals surface area contributed by atoms with Crippen LogP contribution in [0.2, 0.25) is 0 Å². The first-order valence-corrected chi connectivity index (χ1v) is 2.27. The van der Waals surface area contributed by atoms with Gasteiger partial charge in [-0.2, -0.15) is 0 Å². The molecule has 0 bridgehead atoms. The van der Waals surface area contributed by atoms with E-state index < -0.39 is 6.67 Å². The maximum absolute atomic E-state index is 11.6. The molecule has 0 aromatic heterocycles. The molecule has 0 aromatic carbocycles. The zero-order valence-corrected chi connectivity index (χ0v) is 4.48. The lowest BCUT2D eigenvalue weighted by Crippen LogP contribution is -2.07. The standard InChI is InChI=1S/C5H5FN2/c1-4-3-7-5(2-6)8-4/h2H2,1H3.